The molecule has 8 heteroatoms. The van der Waals surface area contributed by atoms with Gasteiger partial charge in [0.05, 0.1) is 5.69 Å². The second kappa shape index (κ2) is 15.0. The van der Waals surface area contributed by atoms with Crippen molar-refractivity contribution in [1.82, 2.24) is 14.5 Å². The maximum Gasteiger partial charge on any atom is 0.349 e. The Morgan fingerprint density at radius 3 is 2.23 bits per heavy atom. The summed E-state index contributed by atoms with van der Waals surface area (Å²) in [5.74, 6) is 0.629. The summed E-state index contributed by atoms with van der Waals surface area (Å²) in [6, 6.07) is 16.5. The molecule has 226 valence electrons. The fourth-order valence-corrected chi connectivity index (χ4v) is 5.68. The van der Waals surface area contributed by atoms with Crippen LogP contribution in [-0.4, -0.2) is 25.6 Å². The lowest BCUT2D eigenvalue weighted by molar-refractivity contribution is -0.145. The largest absolute Gasteiger partial charge is 0.478 e. The van der Waals surface area contributed by atoms with Gasteiger partial charge in [0.2, 0.25) is 6.10 Å². The molecule has 4 aromatic rings. The summed E-state index contributed by atoms with van der Waals surface area (Å²) in [4.78, 5) is 35.8. The van der Waals surface area contributed by atoms with Gasteiger partial charge < -0.3 is 9.84 Å². The van der Waals surface area contributed by atoms with E-state index in [0.717, 1.165) is 48.1 Å². The predicted octanol–water partition coefficient (Wildman–Crippen LogP) is 7.63. The van der Waals surface area contributed by atoms with Crippen LogP contribution < -0.4 is 10.3 Å². The summed E-state index contributed by atoms with van der Waals surface area (Å²) < 4.78 is 7.92. The van der Waals surface area contributed by atoms with E-state index in [4.69, 9.17) is 21.3 Å². The van der Waals surface area contributed by atoms with E-state index in [-0.39, 0.29) is 5.56 Å². The lowest BCUT2D eigenvalue weighted by Gasteiger charge is -2.23. The number of aliphatic carboxylic acids is 1. The van der Waals surface area contributed by atoms with Crippen LogP contribution >= 0.6 is 11.6 Å². The third-order valence-electron chi connectivity index (χ3n) is 7.45. The van der Waals surface area contributed by atoms with Crippen LogP contribution in [0.5, 0.6) is 5.75 Å². The lowest BCUT2D eigenvalue weighted by atomic mass is 9.94. The van der Waals surface area contributed by atoms with Gasteiger partial charge in [-0.25, -0.2) is 19.3 Å². The Labute approximate surface area is 258 Å². The van der Waals surface area contributed by atoms with E-state index in [1.54, 1.807) is 35.0 Å². The molecule has 43 heavy (non-hydrogen) atoms. The Kier molecular flexibility index (Phi) is 11.1. The third kappa shape index (κ3) is 7.52. The second-order valence-electron chi connectivity index (χ2n) is 10.8. The molecule has 0 saturated heterocycles. The van der Waals surface area contributed by atoms with Crippen LogP contribution in [0.4, 0.5) is 0 Å². The van der Waals surface area contributed by atoms with Gasteiger partial charge in [-0.1, -0.05) is 88.0 Å². The Morgan fingerprint density at radius 1 is 0.977 bits per heavy atom. The summed E-state index contributed by atoms with van der Waals surface area (Å²) in [5, 5.41) is 10.5. The van der Waals surface area contributed by atoms with Gasteiger partial charge in [-0.05, 0) is 67.5 Å². The highest BCUT2D eigenvalue weighted by Gasteiger charge is 2.27. The molecule has 0 aliphatic carbocycles. The second-order valence-corrected chi connectivity index (χ2v) is 11.2. The number of carbonyl (C=O) groups is 1. The van der Waals surface area contributed by atoms with Gasteiger partial charge in [0.25, 0.3) is 5.56 Å². The maximum absolute atomic E-state index is 14.1. The van der Waals surface area contributed by atoms with Crippen LogP contribution in [0.25, 0.3) is 5.82 Å². The average Bonchev–Trinajstić information content (AvgIpc) is 2.98. The Morgan fingerprint density at radius 2 is 1.65 bits per heavy atom. The molecule has 0 saturated carbocycles. The van der Waals surface area contributed by atoms with Crippen LogP contribution in [0.1, 0.15) is 91.9 Å². The normalized spacial score (nSPS) is 11.8. The molecule has 0 aliphatic heterocycles. The fraction of sp³-hybridized carbons (Fsp3) is 0.371. The molecule has 0 spiro atoms. The Bertz CT molecular complexity index is 1590. The number of aryl methyl sites for hydroxylation is 4. The molecule has 0 fully saturated rings. The van der Waals surface area contributed by atoms with Crippen LogP contribution in [0.2, 0.25) is 5.02 Å². The number of carboxylic acids is 1. The number of rotatable bonds is 14. The van der Waals surface area contributed by atoms with Crippen molar-refractivity contribution in [3.05, 3.63) is 116 Å². The maximum atomic E-state index is 14.1. The molecular weight excluding hydrogens is 562 g/mol. The van der Waals surface area contributed by atoms with Crippen molar-refractivity contribution in [2.24, 2.45) is 0 Å². The summed E-state index contributed by atoms with van der Waals surface area (Å²) in [6.07, 6.45) is 6.54. The van der Waals surface area contributed by atoms with Crippen molar-refractivity contribution < 1.29 is 14.6 Å². The van der Waals surface area contributed by atoms with Gasteiger partial charge >= 0.3 is 5.97 Å². The molecule has 0 amide bonds. The van der Waals surface area contributed by atoms with E-state index >= 15 is 0 Å². The summed E-state index contributed by atoms with van der Waals surface area (Å²) in [7, 11) is 0. The van der Waals surface area contributed by atoms with E-state index in [1.165, 1.54) is 0 Å². The predicted molar refractivity (Wildman–Crippen MR) is 171 cm³/mol. The number of carboxylic acid groups (broad SMARTS) is 1. The van der Waals surface area contributed by atoms with Crippen LogP contribution in [0.3, 0.4) is 0 Å². The van der Waals surface area contributed by atoms with Crippen LogP contribution in [0.15, 0.2) is 65.6 Å². The molecule has 2 aromatic heterocycles. The van der Waals surface area contributed by atoms with Crippen LogP contribution in [-0.2, 0) is 30.5 Å². The van der Waals surface area contributed by atoms with E-state index in [0.29, 0.717) is 59.2 Å². The average molecular weight is 602 g/mol. The van der Waals surface area contributed by atoms with Crippen molar-refractivity contribution in [2.45, 2.75) is 85.2 Å². The molecule has 7 nitrogen and oxygen atoms in total. The number of ether oxygens (including phenoxy) is 1. The zero-order valence-electron chi connectivity index (χ0n) is 25.4. The molecule has 4 rings (SSSR count). The third-order valence-corrected chi connectivity index (χ3v) is 7.79. The first kappa shape index (κ1) is 32.0. The first-order valence-corrected chi connectivity index (χ1v) is 15.5. The standard InChI is InChI=1S/C35H40ClN3O4/c1-5-8-17-30-28(34(40)39(23(4)38-30)31-18-11-12-19-37-31)22-24-20-25(13-6-2)32(26(21-24)14-7-3)43-33(35(41)42)27-15-9-10-16-29(27)36/h9-12,15-16,18-21,33H,5-8,13-14,17,22H2,1-4H3,(H,41,42). The number of pyridine rings is 1. The molecule has 2 heterocycles. The molecule has 0 radical (unpaired) electrons. The van der Waals surface area contributed by atoms with E-state index in [2.05, 4.69) is 37.9 Å². The summed E-state index contributed by atoms with van der Waals surface area (Å²) >= 11 is 6.40. The molecule has 2 aromatic carbocycles. The number of aromatic nitrogens is 3. The van der Waals surface area contributed by atoms with Gasteiger partial charge in [0.15, 0.2) is 0 Å². The zero-order chi connectivity index (χ0) is 30.9. The number of unbranched alkanes of at least 4 members (excludes halogenated alkanes) is 1. The number of hydrogen-bond donors (Lipinski definition) is 1. The number of benzene rings is 2. The number of halogens is 1. The van der Waals surface area contributed by atoms with Gasteiger partial charge in [0, 0.05) is 28.8 Å². The summed E-state index contributed by atoms with van der Waals surface area (Å²) in [5.41, 5.74) is 4.57. The minimum Gasteiger partial charge on any atom is -0.478 e. The molecular formula is C35H40ClN3O4. The molecule has 0 aliphatic rings. The minimum absolute atomic E-state index is 0.114. The Balaban J connectivity index is 1.84. The summed E-state index contributed by atoms with van der Waals surface area (Å²) in [6.45, 7) is 8.13. The fourth-order valence-electron chi connectivity index (χ4n) is 5.45. The van der Waals surface area contributed by atoms with Crippen molar-refractivity contribution in [3.8, 4) is 11.6 Å². The van der Waals surface area contributed by atoms with Gasteiger partial charge in [0.1, 0.15) is 17.4 Å². The van der Waals surface area contributed by atoms with Crippen molar-refractivity contribution >= 4 is 17.6 Å². The highest BCUT2D eigenvalue weighted by atomic mass is 35.5. The Hall–Kier alpha value is -3.97. The smallest absolute Gasteiger partial charge is 0.349 e. The number of nitrogens with zero attached hydrogens (tertiary/aromatic N) is 3. The van der Waals surface area contributed by atoms with Crippen LogP contribution in [0, 0.1) is 6.92 Å². The van der Waals surface area contributed by atoms with Crippen molar-refractivity contribution in [3.63, 3.8) is 0 Å². The first-order chi connectivity index (χ1) is 20.8. The van der Waals surface area contributed by atoms with Crippen molar-refractivity contribution in [1.29, 1.82) is 0 Å². The minimum atomic E-state index is -1.25. The van der Waals surface area contributed by atoms with Gasteiger partial charge in [-0.15, -0.1) is 0 Å². The highest BCUT2D eigenvalue weighted by Crippen LogP contribution is 2.35. The van der Waals surface area contributed by atoms with Gasteiger partial charge in [-0.3, -0.25) is 4.79 Å². The van der Waals surface area contributed by atoms with Gasteiger partial charge in [-0.2, -0.15) is 0 Å². The van der Waals surface area contributed by atoms with E-state index in [9.17, 15) is 14.7 Å². The highest BCUT2D eigenvalue weighted by molar-refractivity contribution is 6.31. The van der Waals surface area contributed by atoms with E-state index in [1.807, 2.05) is 25.1 Å². The lowest BCUT2D eigenvalue weighted by Crippen LogP contribution is -2.29. The quantitative estimate of drug-likeness (QED) is 0.160. The topological polar surface area (TPSA) is 94.3 Å². The number of hydrogen-bond acceptors (Lipinski definition) is 5. The molecule has 0 bridgehead atoms. The SMILES string of the molecule is CCCCc1nc(C)n(-c2ccccn2)c(=O)c1Cc1cc(CCC)c(OC(C(=O)O)c2ccccc2Cl)c(CCC)c1. The monoisotopic (exact) mass is 601 g/mol. The molecule has 1 atom stereocenters. The molecule has 1 unspecified atom stereocenters. The first-order valence-electron chi connectivity index (χ1n) is 15.1. The van der Waals surface area contributed by atoms with Crippen molar-refractivity contribution in [2.75, 3.05) is 0 Å². The molecule has 1 N–H and O–H groups in total. The van der Waals surface area contributed by atoms with E-state index < -0.39 is 12.1 Å². The zero-order valence-corrected chi connectivity index (χ0v) is 26.2.